The van der Waals surface area contributed by atoms with Crippen LogP contribution in [0.5, 0.6) is 5.75 Å². The first kappa shape index (κ1) is 24.4. The van der Waals surface area contributed by atoms with E-state index in [1.807, 2.05) is 0 Å². The van der Waals surface area contributed by atoms with E-state index < -0.39 is 41.5 Å². The van der Waals surface area contributed by atoms with Crippen LogP contribution in [0.4, 0.5) is 32.0 Å². The molecule has 1 aliphatic heterocycles. The molecule has 1 aliphatic rings. The molecule has 3 atom stereocenters. The average molecular weight is 471 g/mol. The lowest BCUT2D eigenvalue weighted by Crippen LogP contribution is -2.44. The molecule has 1 amide bonds. The lowest BCUT2D eigenvalue weighted by Gasteiger charge is -2.23. The van der Waals surface area contributed by atoms with Crippen LogP contribution in [-0.4, -0.2) is 30.8 Å². The number of benzene rings is 2. The summed E-state index contributed by atoms with van der Waals surface area (Å²) in [5.74, 6) is -1.19. The van der Waals surface area contributed by atoms with E-state index in [0.29, 0.717) is 17.5 Å². The normalized spacial score (nSPS) is 20.8. The molecule has 1 heterocycles. The molecule has 33 heavy (non-hydrogen) atoms. The lowest BCUT2D eigenvalue weighted by atomic mass is 9.88. The number of halogens is 6. The van der Waals surface area contributed by atoms with Crippen molar-refractivity contribution in [1.82, 2.24) is 5.32 Å². The largest absolute Gasteiger partial charge is 0.492 e. The van der Waals surface area contributed by atoms with Gasteiger partial charge in [0.25, 0.3) is 0 Å². The van der Waals surface area contributed by atoms with E-state index in [-0.39, 0.29) is 24.5 Å². The standard InChI is InChI=1S/C22H19F6N3O2/c1-12(32)30-15-4-6-17(7-5-15)33-11-16-9-18(20(31-16)22(26,27)28)13-2-3-14(10-29)19(8-13)21(23,24)25/h2-8,16,18,20,31H,9,11H2,1H3,(H,30,32)/t16-,18?,20-/m0/s1. The van der Waals surface area contributed by atoms with Gasteiger partial charge in [-0.05, 0) is 48.4 Å². The third-order valence-electron chi connectivity index (χ3n) is 5.23. The van der Waals surface area contributed by atoms with Crippen molar-refractivity contribution < 1.29 is 35.9 Å². The summed E-state index contributed by atoms with van der Waals surface area (Å²) < 4.78 is 86.3. The first-order chi connectivity index (χ1) is 15.4. The van der Waals surface area contributed by atoms with E-state index in [1.165, 1.54) is 25.1 Å². The Labute approximate surface area is 185 Å². The Hall–Kier alpha value is -3.26. The Bertz CT molecular complexity index is 1040. The van der Waals surface area contributed by atoms with Crippen molar-refractivity contribution in [2.24, 2.45) is 0 Å². The fourth-order valence-corrected chi connectivity index (χ4v) is 3.81. The third-order valence-corrected chi connectivity index (χ3v) is 5.23. The summed E-state index contributed by atoms with van der Waals surface area (Å²) in [7, 11) is 0. The van der Waals surface area contributed by atoms with E-state index in [4.69, 9.17) is 10.00 Å². The Morgan fingerprint density at radius 2 is 1.82 bits per heavy atom. The van der Waals surface area contributed by atoms with Crippen LogP contribution >= 0.6 is 0 Å². The van der Waals surface area contributed by atoms with Crippen LogP contribution in [0.15, 0.2) is 42.5 Å². The predicted octanol–water partition coefficient (Wildman–Crippen LogP) is 4.99. The number of amides is 1. The average Bonchev–Trinajstić information content (AvgIpc) is 3.17. The SMILES string of the molecule is CC(=O)Nc1ccc(OC[C@@H]2CC(c3ccc(C#N)c(C(F)(F)F)c3)[C@@H](C(F)(F)F)N2)cc1. The predicted molar refractivity (Wildman–Crippen MR) is 107 cm³/mol. The molecule has 2 aromatic carbocycles. The Morgan fingerprint density at radius 1 is 1.15 bits per heavy atom. The summed E-state index contributed by atoms with van der Waals surface area (Å²) in [5, 5.41) is 13.9. The number of hydrogen-bond acceptors (Lipinski definition) is 4. The molecular formula is C22H19F6N3O2. The molecule has 2 N–H and O–H groups in total. The quantitative estimate of drug-likeness (QED) is 0.603. The van der Waals surface area contributed by atoms with E-state index in [0.717, 1.165) is 12.1 Å². The van der Waals surface area contributed by atoms with Crippen molar-refractivity contribution in [2.45, 2.75) is 43.7 Å². The molecule has 11 heteroatoms. The maximum absolute atomic E-state index is 13.6. The minimum absolute atomic E-state index is 0.114. The molecule has 0 saturated carbocycles. The maximum Gasteiger partial charge on any atom is 0.417 e. The molecule has 0 radical (unpaired) electrons. The first-order valence-electron chi connectivity index (χ1n) is 9.83. The summed E-state index contributed by atoms with van der Waals surface area (Å²) in [6.07, 6.45) is -9.68. The number of nitriles is 1. The summed E-state index contributed by atoms with van der Waals surface area (Å²) in [5.41, 5.74) is -1.55. The zero-order valence-electron chi connectivity index (χ0n) is 17.2. The maximum atomic E-state index is 13.6. The molecule has 0 spiro atoms. The van der Waals surface area contributed by atoms with Crippen LogP contribution in [0.1, 0.15) is 36.0 Å². The van der Waals surface area contributed by atoms with Crippen LogP contribution < -0.4 is 15.4 Å². The van der Waals surface area contributed by atoms with Crippen molar-refractivity contribution in [3.8, 4) is 11.8 Å². The number of hydrogen-bond donors (Lipinski definition) is 2. The van der Waals surface area contributed by atoms with Crippen molar-refractivity contribution >= 4 is 11.6 Å². The number of anilines is 1. The van der Waals surface area contributed by atoms with Crippen LogP contribution in [0.3, 0.4) is 0 Å². The topological polar surface area (TPSA) is 74.1 Å². The summed E-state index contributed by atoms with van der Waals surface area (Å²) in [4.78, 5) is 11.0. The highest BCUT2D eigenvalue weighted by Gasteiger charge is 2.51. The zero-order chi connectivity index (χ0) is 24.4. The Kier molecular flexibility index (Phi) is 6.88. The van der Waals surface area contributed by atoms with Crippen molar-refractivity contribution in [1.29, 1.82) is 5.26 Å². The molecule has 0 aromatic heterocycles. The van der Waals surface area contributed by atoms with Crippen LogP contribution in [0, 0.1) is 11.3 Å². The van der Waals surface area contributed by atoms with Gasteiger partial charge in [-0.2, -0.15) is 31.6 Å². The van der Waals surface area contributed by atoms with Gasteiger partial charge in [-0.1, -0.05) is 6.07 Å². The highest BCUT2D eigenvalue weighted by atomic mass is 19.4. The van der Waals surface area contributed by atoms with Gasteiger partial charge in [-0.3, -0.25) is 10.1 Å². The fraction of sp³-hybridized carbons (Fsp3) is 0.364. The number of nitrogens with one attached hydrogen (secondary N) is 2. The van der Waals surface area contributed by atoms with Crippen molar-refractivity contribution in [3.05, 3.63) is 59.2 Å². The minimum atomic E-state index is -4.87. The third kappa shape index (κ3) is 5.96. The van der Waals surface area contributed by atoms with Gasteiger partial charge in [0.1, 0.15) is 18.4 Å². The number of carbonyl (C=O) groups is 1. The second-order valence-electron chi connectivity index (χ2n) is 7.66. The van der Waals surface area contributed by atoms with Gasteiger partial charge in [0.15, 0.2) is 0 Å². The minimum Gasteiger partial charge on any atom is -0.492 e. The highest BCUT2D eigenvalue weighted by molar-refractivity contribution is 5.88. The van der Waals surface area contributed by atoms with Gasteiger partial charge in [-0.15, -0.1) is 0 Å². The number of alkyl halides is 6. The molecule has 0 bridgehead atoms. The molecule has 176 valence electrons. The molecular weight excluding hydrogens is 452 g/mol. The monoisotopic (exact) mass is 471 g/mol. The number of nitrogens with zero attached hydrogens (tertiary/aromatic N) is 1. The molecule has 5 nitrogen and oxygen atoms in total. The zero-order valence-corrected chi connectivity index (χ0v) is 17.2. The first-order valence-corrected chi connectivity index (χ1v) is 9.83. The molecule has 1 fully saturated rings. The molecule has 0 aliphatic carbocycles. The van der Waals surface area contributed by atoms with Gasteiger partial charge in [-0.25, -0.2) is 0 Å². The lowest BCUT2D eigenvalue weighted by molar-refractivity contribution is -0.156. The number of ether oxygens (including phenoxy) is 1. The van der Waals surface area contributed by atoms with Gasteiger partial charge in [0.05, 0.1) is 17.2 Å². The fourth-order valence-electron chi connectivity index (χ4n) is 3.81. The number of rotatable bonds is 5. The van der Waals surface area contributed by atoms with Gasteiger partial charge >= 0.3 is 12.4 Å². The van der Waals surface area contributed by atoms with Crippen LogP contribution in [0.2, 0.25) is 0 Å². The van der Waals surface area contributed by atoms with E-state index in [2.05, 4.69) is 10.6 Å². The molecule has 1 saturated heterocycles. The van der Waals surface area contributed by atoms with Gasteiger partial charge in [0.2, 0.25) is 5.91 Å². The van der Waals surface area contributed by atoms with Crippen LogP contribution in [0.25, 0.3) is 0 Å². The van der Waals surface area contributed by atoms with Crippen LogP contribution in [-0.2, 0) is 11.0 Å². The Balaban J connectivity index is 1.77. The van der Waals surface area contributed by atoms with Gasteiger partial charge in [0, 0.05) is 24.6 Å². The highest BCUT2D eigenvalue weighted by Crippen LogP contribution is 2.42. The number of carbonyl (C=O) groups excluding carboxylic acids is 1. The molecule has 2 aromatic rings. The smallest absolute Gasteiger partial charge is 0.417 e. The molecule has 3 rings (SSSR count). The summed E-state index contributed by atoms with van der Waals surface area (Å²) in [6, 6.07) is 7.42. The van der Waals surface area contributed by atoms with Crippen molar-refractivity contribution in [2.75, 3.05) is 11.9 Å². The Morgan fingerprint density at radius 3 is 2.36 bits per heavy atom. The summed E-state index contributed by atoms with van der Waals surface area (Å²) >= 11 is 0. The van der Waals surface area contributed by atoms with Gasteiger partial charge < -0.3 is 10.1 Å². The van der Waals surface area contributed by atoms with E-state index >= 15 is 0 Å². The van der Waals surface area contributed by atoms with E-state index in [1.54, 1.807) is 12.1 Å². The second kappa shape index (κ2) is 9.31. The molecule has 1 unspecified atom stereocenters. The van der Waals surface area contributed by atoms with Crippen molar-refractivity contribution in [3.63, 3.8) is 0 Å². The summed E-state index contributed by atoms with van der Waals surface area (Å²) in [6.45, 7) is 1.19. The second-order valence-corrected chi connectivity index (χ2v) is 7.66. The van der Waals surface area contributed by atoms with E-state index in [9.17, 15) is 31.1 Å².